The second kappa shape index (κ2) is 11.0. The van der Waals surface area contributed by atoms with E-state index < -0.39 is 17.7 Å². The lowest BCUT2D eigenvalue weighted by atomic mass is 9.96. The average molecular weight is 469 g/mol. The number of anilines is 1. The second-order valence-corrected chi connectivity index (χ2v) is 9.42. The van der Waals surface area contributed by atoms with Gasteiger partial charge in [0.2, 0.25) is 0 Å². The van der Waals surface area contributed by atoms with E-state index in [2.05, 4.69) is 0 Å². The normalized spacial score (nSPS) is 14.4. The second-order valence-electron chi connectivity index (χ2n) is 9.42. The van der Waals surface area contributed by atoms with Crippen LogP contribution < -0.4 is 4.90 Å². The van der Waals surface area contributed by atoms with Crippen LogP contribution in [0.15, 0.2) is 54.6 Å². The highest BCUT2D eigenvalue weighted by Crippen LogP contribution is 2.25. The van der Waals surface area contributed by atoms with Crippen molar-refractivity contribution in [2.24, 2.45) is 5.92 Å². The maximum absolute atomic E-state index is 13.1. The first-order valence-corrected chi connectivity index (χ1v) is 11.4. The summed E-state index contributed by atoms with van der Waals surface area (Å²) in [6.07, 6.45) is 0.515. The van der Waals surface area contributed by atoms with Crippen molar-refractivity contribution in [1.82, 2.24) is 4.90 Å². The quantitative estimate of drug-likeness (QED) is 0.628. The van der Waals surface area contributed by atoms with Crippen molar-refractivity contribution in [3.05, 3.63) is 65.7 Å². The summed E-state index contributed by atoms with van der Waals surface area (Å²) < 4.78 is 11.0. The van der Waals surface area contributed by atoms with E-state index in [1.54, 1.807) is 17.0 Å². The number of likely N-dealkylation sites (tertiary alicyclic amines) is 1. The zero-order valence-electron chi connectivity index (χ0n) is 19.9. The van der Waals surface area contributed by atoms with Gasteiger partial charge in [0, 0.05) is 25.3 Å². The van der Waals surface area contributed by atoms with Gasteiger partial charge >= 0.3 is 18.2 Å². The number of nitrogens with zero attached hydrogens (tertiary/aromatic N) is 2. The molecule has 1 aliphatic heterocycles. The van der Waals surface area contributed by atoms with Gasteiger partial charge in [0.05, 0.1) is 5.56 Å². The van der Waals surface area contributed by atoms with Crippen molar-refractivity contribution in [3.8, 4) is 0 Å². The number of aromatic carboxylic acids is 1. The Morgan fingerprint density at radius 1 is 1.03 bits per heavy atom. The number of hydrogen-bond donors (Lipinski definition) is 1. The summed E-state index contributed by atoms with van der Waals surface area (Å²) in [5.74, 6) is -0.943. The molecule has 0 aromatic heterocycles. The Morgan fingerprint density at radius 2 is 1.71 bits per heavy atom. The molecule has 1 aliphatic rings. The summed E-state index contributed by atoms with van der Waals surface area (Å²) >= 11 is 0. The predicted octanol–water partition coefficient (Wildman–Crippen LogP) is 5.18. The third-order valence-corrected chi connectivity index (χ3v) is 5.54. The highest BCUT2D eigenvalue weighted by atomic mass is 16.6. The number of carboxylic acid groups (broad SMARTS) is 1. The number of rotatable bonds is 6. The molecule has 1 heterocycles. The number of benzene rings is 2. The maximum atomic E-state index is 13.1. The third-order valence-electron chi connectivity index (χ3n) is 5.54. The zero-order chi connectivity index (χ0) is 24.7. The Balaban J connectivity index is 1.69. The molecule has 1 N–H and O–H groups in total. The number of carboxylic acids is 1. The molecule has 8 heteroatoms. The van der Waals surface area contributed by atoms with Crippen LogP contribution in [0.5, 0.6) is 0 Å². The van der Waals surface area contributed by atoms with Crippen molar-refractivity contribution < 1.29 is 29.0 Å². The van der Waals surface area contributed by atoms with E-state index >= 15 is 0 Å². The smallest absolute Gasteiger partial charge is 0.414 e. The van der Waals surface area contributed by atoms with E-state index in [4.69, 9.17) is 9.47 Å². The standard InChI is InChI=1S/C26H32N2O6/c1-26(2,3)34-24(31)27-14-12-19(13-15-27)17-28(22-11-7-10-21(16-22)23(29)30)25(32)33-18-20-8-5-4-6-9-20/h4-11,16,19H,12-15,17-18H2,1-3H3,(H,29,30). The van der Waals surface area contributed by atoms with E-state index in [1.807, 2.05) is 51.1 Å². The lowest BCUT2D eigenvalue weighted by Crippen LogP contribution is -2.44. The molecule has 0 atom stereocenters. The molecule has 1 fully saturated rings. The molecule has 2 amide bonds. The van der Waals surface area contributed by atoms with E-state index in [-0.39, 0.29) is 24.2 Å². The minimum Gasteiger partial charge on any atom is -0.478 e. The zero-order valence-corrected chi connectivity index (χ0v) is 19.9. The monoisotopic (exact) mass is 468 g/mol. The Labute approximate surface area is 200 Å². The summed E-state index contributed by atoms with van der Waals surface area (Å²) in [6.45, 7) is 7.04. The molecule has 2 aromatic rings. The molecule has 1 saturated heterocycles. The molecule has 0 radical (unpaired) electrons. The topological polar surface area (TPSA) is 96.4 Å². The number of piperidine rings is 1. The van der Waals surface area contributed by atoms with Gasteiger partial charge in [-0.1, -0.05) is 36.4 Å². The van der Waals surface area contributed by atoms with Crippen LogP contribution in [0.3, 0.4) is 0 Å². The summed E-state index contributed by atoms with van der Waals surface area (Å²) in [4.78, 5) is 40.1. The van der Waals surface area contributed by atoms with Crippen LogP contribution in [0.25, 0.3) is 0 Å². The Morgan fingerprint density at radius 3 is 2.32 bits per heavy atom. The molecule has 0 unspecified atom stereocenters. The van der Waals surface area contributed by atoms with Gasteiger partial charge in [-0.2, -0.15) is 0 Å². The fourth-order valence-corrected chi connectivity index (χ4v) is 3.77. The first kappa shape index (κ1) is 25.1. The molecule has 2 aromatic carbocycles. The minimum atomic E-state index is -1.06. The summed E-state index contributed by atoms with van der Waals surface area (Å²) in [5.41, 5.74) is 0.869. The Hall–Kier alpha value is -3.55. The van der Waals surface area contributed by atoms with Crippen LogP contribution in [0.2, 0.25) is 0 Å². The van der Waals surface area contributed by atoms with Crippen LogP contribution in [-0.2, 0) is 16.1 Å². The summed E-state index contributed by atoms with van der Waals surface area (Å²) in [6, 6.07) is 15.6. The van der Waals surface area contributed by atoms with Crippen molar-refractivity contribution in [1.29, 1.82) is 0 Å². The van der Waals surface area contributed by atoms with Gasteiger partial charge in [0.25, 0.3) is 0 Å². The number of carbonyl (C=O) groups excluding carboxylic acids is 2. The first-order valence-electron chi connectivity index (χ1n) is 11.4. The highest BCUT2D eigenvalue weighted by Gasteiger charge is 2.30. The summed E-state index contributed by atoms with van der Waals surface area (Å²) in [7, 11) is 0. The lowest BCUT2D eigenvalue weighted by molar-refractivity contribution is 0.0185. The van der Waals surface area contributed by atoms with E-state index in [1.165, 1.54) is 17.0 Å². The van der Waals surface area contributed by atoms with Crippen LogP contribution in [0.1, 0.15) is 49.5 Å². The van der Waals surface area contributed by atoms with Crippen LogP contribution >= 0.6 is 0 Å². The molecule has 0 aliphatic carbocycles. The van der Waals surface area contributed by atoms with Crippen LogP contribution in [-0.4, -0.2) is 53.4 Å². The maximum Gasteiger partial charge on any atom is 0.414 e. The Bertz CT molecular complexity index is 994. The number of amides is 2. The SMILES string of the molecule is CC(C)(C)OC(=O)N1CCC(CN(C(=O)OCc2ccccc2)c2cccc(C(=O)O)c2)CC1. The molecule has 0 saturated carbocycles. The van der Waals surface area contributed by atoms with Gasteiger partial charge in [0.1, 0.15) is 12.2 Å². The van der Waals surface area contributed by atoms with Crippen molar-refractivity contribution >= 4 is 23.8 Å². The lowest BCUT2D eigenvalue weighted by Gasteiger charge is -2.35. The van der Waals surface area contributed by atoms with Gasteiger partial charge in [-0.15, -0.1) is 0 Å². The third kappa shape index (κ3) is 7.23. The van der Waals surface area contributed by atoms with E-state index in [0.717, 1.165) is 5.56 Å². The molecular weight excluding hydrogens is 436 g/mol. The number of ether oxygens (including phenoxy) is 2. The van der Waals surface area contributed by atoms with Crippen LogP contribution in [0, 0.1) is 5.92 Å². The van der Waals surface area contributed by atoms with Crippen molar-refractivity contribution in [3.63, 3.8) is 0 Å². The van der Waals surface area contributed by atoms with Crippen molar-refractivity contribution in [2.75, 3.05) is 24.5 Å². The minimum absolute atomic E-state index is 0.0955. The average Bonchev–Trinajstić information content (AvgIpc) is 2.81. The number of hydrogen-bond acceptors (Lipinski definition) is 5. The van der Waals surface area contributed by atoms with Gasteiger partial charge in [-0.05, 0) is 63.3 Å². The molecule has 182 valence electrons. The summed E-state index contributed by atoms with van der Waals surface area (Å²) in [5, 5.41) is 9.38. The molecule has 0 spiro atoms. The fraction of sp³-hybridized carbons (Fsp3) is 0.423. The molecule has 3 rings (SSSR count). The van der Waals surface area contributed by atoms with Gasteiger partial charge in [-0.25, -0.2) is 14.4 Å². The van der Waals surface area contributed by atoms with Crippen molar-refractivity contribution in [2.45, 2.75) is 45.8 Å². The van der Waals surface area contributed by atoms with E-state index in [9.17, 15) is 19.5 Å². The first-order chi connectivity index (χ1) is 16.1. The largest absolute Gasteiger partial charge is 0.478 e. The molecule has 8 nitrogen and oxygen atoms in total. The predicted molar refractivity (Wildman–Crippen MR) is 128 cm³/mol. The highest BCUT2D eigenvalue weighted by molar-refractivity contribution is 5.92. The van der Waals surface area contributed by atoms with Crippen LogP contribution in [0.4, 0.5) is 15.3 Å². The molecule has 34 heavy (non-hydrogen) atoms. The van der Waals surface area contributed by atoms with Gasteiger partial charge < -0.3 is 19.5 Å². The Kier molecular flexibility index (Phi) is 8.15. The van der Waals surface area contributed by atoms with E-state index in [0.29, 0.717) is 38.2 Å². The molecular formula is C26H32N2O6. The number of carbonyl (C=O) groups is 3. The molecule has 0 bridgehead atoms. The van der Waals surface area contributed by atoms with Gasteiger partial charge in [0.15, 0.2) is 0 Å². The van der Waals surface area contributed by atoms with Gasteiger partial charge in [-0.3, -0.25) is 4.90 Å². The fourth-order valence-electron chi connectivity index (χ4n) is 3.77.